The summed E-state index contributed by atoms with van der Waals surface area (Å²) < 4.78 is 0. The van der Waals surface area contributed by atoms with E-state index >= 15 is 0 Å². The van der Waals surface area contributed by atoms with Crippen LogP contribution < -0.4 is 5.56 Å². The molecule has 0 saturated carbocycles. The van der Waals surface area contributed by atoms with Gasteiger partial charge in [0.25, 0.3) is 11.5 Å². The maximum Gasteiger partial charge on any atom is 0.255 e. The second-order valence-electron chi connectivity index (χ2n) is 7.64. The number of nitrogens with one attached hydrogen (secondary N) is 1. The maximum absolute atomic E-state index is 13.0. The molecule has 28 heavy (non-hydrogen) atoms. The summed E-state index contributed by atoms with van der Waals surface area (Å²) >= 11 is 0. The fourth-order valence-corrected chi connectivity index (χ4v) is 3.96. The predicted octanol–water partition coefficient (Wildman–Crippen LogP) is 3.36. The Hall–Kier alpha value is -2.92. The van der Waals surface area contributed by atoms with Gasteiger partial charge in [0.05, 0.1) is 0 Å². The Balaban J connectivity index is 1.61. The van der Waals surface area contributed by atoms with Gasteiger partial charge in [0.1, 0.15) is 0 Å². The van der Waals surface area contributed by atoms with Gasteiger partial charge in [-0.25, -0.2) is 0 Å². The molecule has 5 nitrogen and oxygen atoms in total. The van der Waals surface area contributed by atoms with Crippen molar-refractivity contribution in [2.75, 3.05) is 27.2 Å². The molecule has 3 aromatic rings. The topological polar surface area (TPSA) is 56.4 Å². The van der Waals surface area contributed by atoms with Gasteiger partial charge in [-0.3, -0.25) is 9.59 Å². The molecule has 1 amide bonds. The van der Waals surface area contributed by atoms with Crippen molar-refractivity contribution in [3.63, 3.8) is 0 Å². The molecule has 0 radical (unpaired) electrons. The Morgan fingerprint density at radius 3 is 2.61 bits per heavy atom. The average molecular weight is 375 g/mol. The standard InChI is InChI=1S/C23H25N3O2/c1-25-12-9-20(10-13-25)26(2)23(28)19-5-3-4-16(15-19)17-6-7-21-18(14-17)8-11-24-22(21)27/h3-8,11,14-15,20H,9-10,12-13H2,1-2H3,(H,24,27). The molecular formula is C23H25N3O2. The summed E-state index contributed by atoms with van der Waals surface area (Å²) in [5, 5.41) is 1.56. The van der Waals surface area contributed by atoms with Gasteiger partial charge in [0.15, 0.2) is 0 Å². The van der Waals surface area contributed by atoms with Crippen molar-refractivity contribution in [2.45, 2.75) is 18.9 Å². The van der Waals surface area contributed by atoms with Crippen LogP contribution in [0.3, 0.4) is 0 Å². The molecule has 1 aliphatic heterocycles. The average Bonchev–Trinajstić information content (AvgIpc) is 2.73. The van der Waals surface area contributed by atoms with Gasteiger partial charge in [-0.15, -0.1) is 0 Å². The zero-order valence-electron chi connectivity index (χ0n) is 16.3. The van der Waals surface area contributed by atoms with E-state index in [1.54, 1.807) is 6.20 Å². The number of hydrogen-bond donors (Lipinski definition) is 1. The van der Waals surface area contributed by atoms with Crippen LogP contribution in [0.4, 0.5) is 0 Å². The third-order valence-electron chi connectivity index (χ3n) is 5.77. The molecule has 0 atom stereocenters. The SMILES string of the molecule is CN1CCC(N(C)C(=O)c2cccc(-c3ccc4c(=O)[nH]ccc4c3)c2)CC1. The first-order valence-electron chi connectivity index (χ1n) is 9.70. The van der Waals surface area contributed by atoms with Crippen molar-refractivity contribution in [3.05, 3.63) is 70.6 Å². The molecular weight excluding hydrogens is 350 g/mol. The largest absolute Gasteiger partial charge is 0.339 e. The van der Waals surface area contributed by atoms with E-state index in [2.05, 4.69) is 16.9 Å². The van der Waals surface area contributed by atoms with Crippen LogP contribution in [0.1, 0.15) is 23.2 Å². The van der Waals surface area contributed by atoms with Gasteiger partial charge in [-0.05, 0) is 79.8 Å². The van der Waals surface area contributed by atoms with E-state index in [0.29, 0.717) is 17.0 Å². The van der Waals surface area contributed by atoms with Crippen molar-refractivity contribution >= 4 is 16.7 Å². The number of benzene rings is 2. The number of H-pyrrole nitrogens is 1. The van der Waals surface area contributed by atoms with E-state index in [4.69, 9.17) is 0 Å². The van der Waals surface area contributed by atoms with Crippen molar-refractivity contribution < 1.29 is 4.79 Å². The van der Waals surface area contributed by atoms with Crippen LogP contribution in [0, 0.1) is 0 Å². The van der Waals surface area contributed by atoms with E-state index in [1.807, 2.05) is 60.5 Å². The number of aromatic amines is 1. The third kappa shape index (κ3) is 3.58. The molecule has 1 aromatic heterocycles. The summed E-state index contributed by atoms with van der Waals surface area (Å²) in [7, 11) is 4.03. The predicted molar refractivity (Wildman–Crippen MR) is 113 cm³/mol. The van der Waals surface area contributed by atoms with Gasteiger partial charge < -0.3 is 14.8 Å². The lowest BCUT2D eigenvalue weighted by Crippen LogP contribution is -2.44. The molecule has 0 unspecified atom stereocenters. The van der Waals surface area contributed by atoms with Crippen LogP contribution in [0.25, 0.3) is 21.9 Å². The monoisotopic (exact) mass is 375 g/mol. The third-order valence-corrected chi connectivity index (χ3v) is 5.77. The molecule has 1 saturated heterocycles. The number of nitrogens with zero attached hydrogens (tertiary/aromatic N) is 2. The summed E-state index contributed by atoms with van der Waals surface area (Å²) in [6.45, 7) is 2.05. The zero-order valence-corrected chi connectivity index (χ0v) is 16.3. The minimum atomic E-state index is -0.0901. The van der Waals surface area contributed by atoms with E-state index in [-0.39, 0.29) is 11.5 Å². The summed E-state index contributed by atoms with van der Waals surface area (Å²) in [6, 6.07) is 15.7. The molecule has 2 aromatic carbocycles. The lowest BCUT2D eigenvalue weighted by atomic mass is 9.99. The van der Waals surface area contributed by atoms with Crippen LogP contribution in [0.2, 0.25) is 0 Å². The van der Waals surface area contributed by atoms with E-state index in [1.165, 1.54) is 0 Å². The smallest absolute Gasteiger partial charge is 0.255 e. The molecule has 5 heteroatoms. The minimum absolute atomic E-state index is 0.0636. The maximum atomic E-state index is 13.0. The van der Waals surface area contributed by atoms with Crippen LogP contribution in [0.5, 0.6) is 0 Å². The normalized spacial score (nSPS) is 15.6. The highest BCUT2D eigenvalue weighted by Gasteiger charge is 2.24. The Labute approximate surface area is 164 Å². The number of amides is 1. The fourth-order valence-electron chi connectivity index (χ4n) is 3.96. The van der Waals surface area contributed by atoms with Gasteiger partial charge in [0.2, 0.25) is 0 Å². The molecule has 0 bridgehead atoms. The fraction of sp³-hybridized carbons (Fsp3) is 0.304. The first-order valence-corrected chi connectivity index (χ1v) is 9.70. The summed E-state index contributed by atoms with van der Waals surface area (Å²) in [5.41, 5.74) is 2.58. The number of carbonyl (C=O) groups is 1. The number of rotatable bonds is 3. The molecule has 2 heterocycles. The quantitative estimate of drug-likeness (QED) is 0.764. The zero-order chi connectivity index (χ0) is 19.7. The minimum Gasteiger partial charge on any atom is -0.339 e. The molecule has 0 aliphatic carbocycles. The van der Waals surface area contributed by atoms with E-state index in [0.717, 1.165) is 42.4 Å². The number of pyridine rings is 1. The lowest BCUT2D eigenvalue weighted by Gasteiger charge is -2.35. The Morgan fingerprint density at radius 2 is 1.82 bits per heavy atom. The molecule has 1 fully saturated rings. The molecule has 1 aliphatic rings. The van der Waals surface area contributed by atoms with Crippen LogP contribution in [0.15, 0.2) is 59.5 Å². The number of hydrogen-bond acceptors (Lipinski definition) is 3. The molecule has 4 rings (SSSR count). The van der Waals surface area contributed by atoms with Gasteiger partial charge >= 0.3 is 0 Å². The Kier molecular flexibility index (Phi) is 5.01. The van der Waals surface area contributed by atoms with Crippen LogP contribution in [-0.4, -0.2) is 53.9 Å². The molecule has 1 N–H and O–H groups in total. The second-order valence-corrected chi connectivity index (χ2v) is 7.64. The van der Waals surface area contributed by atoms with Gasteiger partial charge in [-0.2, -0.15) is 0 Å². The van der Waals surface area contributed by atoms with Crippen LogP contribution >= 0.6 is 0 Å². The number of aromatic nitrogens is 1. The highest BCUT2D eigenvalue weighted by molar-refractivity contribution is 5.96. The first-order chi connectivity index (χ1) is 13.5. The number of fused-ring (bicyclic) bond motifs is 1. The van der Waals surface area contributed by atoms with Crippen molar-refractivity contribution in [2.24, 2.45) is 0 Å². The molecule has 0 spiro atoms. The highest BCUT2D eigenvalue weighted by Crippen LogP contribution is 2.25. The van der Waals surface area contributed by atoms with E-state index < -0.39 is 0 Å². The molecule has 144 valence electrons. The van der Waals surface area contributed by atoms with Gasteiger partial charge in [-0.1, -0.05) is 18.2 Å². The van der Waals surface area contributed by atoms with Crippen molar-refractivity contribution in [3.8, 4) is 11.1 Å². The highest BCUT2D eigenvalue weighted by atomic mass is 16.2. The number of carbonyl (C=O) groups excluding carboxylic acids is 1. The van der Waals surface area contributed by atoms with Crippen LogP contribution in [-0.2, 0) is 0 Å². The summed E-state index contributed by atoms with van der Waals surface area (Å²) in [4.78, 5) is 31.8. The lowest BCUT2D eigenvalue weighted by molar-refractivity contribution is 0.0659. The van der Waals surface area contributed by atoms with Crippen molar-refractivity contribution in [1.29, 1.82) is 0 Å². The summed E-state index contributed by atoms with van der Waals surface area (Å²) in [6.07, 6.45) is 3.68. The Morgan fingerprint density at radius 1 is 1.07 bits per heavy atom. The first kappa shape index (κ1) is 18.4. The Bertz CT molecular complexity index is 1060. The van der Waals surface area contributed by atoms with Crippen molar-refractivity contribution in [1.82, 2.24) is 14.8 Å². The van der Waals surface area contributed by atoms with E-state index in [9.17, 15) is 9.59 Å². The number of piperidine rings is 1. The number of likely N-dealkylation sites (tertiary alicyclic amines) is 1. The summed E-state index contributed by atoms with van der Waals surface area (Å²) in [5.74, 6) is 0.0636. The van der Waals surface area contributed by atoms with Gasteiger partial charge in [0, 0.05) is 30.2 Å². The second kappa shape index (κ2) is 7.60.